The molecule has 0 bridgehead atoms. The molecule has 0 radical (unpaired) electrons. The molecule has 29 heavy (non-hydrogen) atoms. The number of imide groups is 2. The predicted octanol–water partition coefficient (Wildman–Crippen LogP) is 3.21. The van der Waals surface area contributed by atoms with E-state index in [-0.39, 0.29) is 11.3 Å². The van der Waals surface area contributed by atoms with Crippen LogP contribution in [0, 0.1) is 0 Å². The smallest absolute Gasteiger partial charge is 0.336 e. The summed E-state index contributed by atoms with van der Waals surface area (Å²) in [4.78, 5) is 40.8. The van der Waals surface area contributed by atoms with Crippen LogP contribution >= 0.6 is 0 Å². The Morgan fingerprint density at radius 2 is 1.66 bits per heavy atom. The van der Waals surface area contributed by atoms with Crippen LogP contribution < -0.4 is 19.9 Å². The predicted molar refractivity (Wildman–Crippen MR) is 112 cm³/mol. The summed E-state index contributed by atoms with van der Waals surface area (Å²) in [5.41, 5.74) is 1.90. The van der Waals surface area contributed by atoms with E-state index in [0.29, 0.717) is 11.3 Å². The van der Waals surface area contributed by atoms with Gasteiger partial charge in [0, 0.05) is 18.8 Å². The molecular weight excluding hydrogens is 370 g/mol. The van der Waals surface area contributed by atoms with E-state index >= 15 is 0 Å². The zero-order valence-electron chi connectivity index (χ0n) is 16.6. The third-order valence-corrected chi connectivity index (χ3v) is 4.76. The number of para-hydroxylation sites is 2. The van der Waals surface area contributed by atoms with Crippen LogP contribution in [0.4, 0.5) is 16.2 Å². The summed E-state index contributed by atoms with van der Waals surface area (Å²) < 4.78 is 5.25. The molecule has 0 atom stereocenters. The number of benzene rings is 2. The highest BCUT2D eigenvalue weighted by molar-refractivity contribution is 6.39. The first kappa shape index (κ1) is 20.1. The van der Waals surface area contributed by atoms with E-state index < -0.39 is 17.8 Å². The average molecular weight is 393 g/mol. The Morgan fingerprint density at radius 3 is 2.28 bits per heavy atom. The minimum Gasteiger partial charge on any atom is -0.495 e. The van der Waals surface area contributed by atoms with Gasteiger partial charge in [-0.1, -0.05) is 24.3 Å². The van der Waals surface area contributed by atoms with Gasteiger partial charge in [-0.15, -0.1) is 0 Å². The van der Waals surface area contributed by atoms with Crippen LogP contribution in [0.15, 0.2) is 54.1 Å². The molecule has 0 aliphatic carbocycles. The molecule has 2 aromatic rings. The SMILES string of the molecule is CCN(CC)c1ccc(/C=C2/C(=O)NC(=O)N(c3ccccc3OC)C2=O)cc1. The Morgan fingerprint density at radius 1 is 1.00 bits per heavy atom. The molecule has 7 nitrogen and oxygen atoms in total. The van der Waals surface area contributed by atoms with E-state index in [1.807, 2.05) is 24.3 Å². The van der Waals surface area contributed by atoms with E-state index in [2.05, 4.69) is 24.1 Å². The van der Waals surface area contributed by atoms with Crippen LogP contribution in [-0.4, -0.2) is 38.0 Å². The number of urea groups is 1. The lowest BCUT2D eigenvalue weighted by Crippen LogP contribution is -2.54. The first-order valence-electron chi connectivity index (χ1n) is 9.39. The lowest BCUT2D eigenvalue weighted by atomic mass is 10.1. The van der Waals surface area contributed by atoms with Gasteiger partial charge < -0.3 is 9.64 Å². The number of carbonyl (C=O) groups excluding carboxylic acids is 3. The standard InChI is InChI=1S/C22H23N3O4/c1-4-24(5-2)16-12-10-15(11-13-16)14-17-20(26)23-22(28)25(21(17)27)18-8-6-7-9-19(18)29-3/h6-14H,4-5H2,1-3H3,(H,23,26,28)/b17-14-. The molecule has 150 valence electrons. The number of rotatable bonds is 6. The maximum atomic E-state index is 13.0. The Hall–Kier alpha value is -3.61. The molecule has 1 aliphatic heterocycles. The van der Waals surface area contributed by atoms with Gasteiger partial charge in [0.1, 0.15) is 11.3 Å². The highest BCUT2D eigenvalue weighted by Gasteiger charge is 2.38. The van der Waals surface area contributed by atoms with Crippen LogP contribution in [0.25, 0.3) is 6.08 Å². The molecule has 1 aliphatic rings. The summed E-state index contributed by atoms with van der Waals surface area (Å²) in [6.45, 7) is 5.92. The van der Waals surface area contributed by atoms with E-state index in [0.717, 1.165) is 23.7 Å². The van der Waals surface area contributed by atoms with Crippen LogP contribution in [0.5, 0.6) is 5.75 Å². The van der Waals surface area contributed by atoms with Crippen molar-refractivity contribution in [3.05, 3.63) is 59.7 Å². The van der Waals surface area contributed by atoms with Crippen LogP contribution in [0.2, 0.25) is 0 Å². The first-order valence-corrected chi connectivity index (χ1v) is 9.39. The zero-order chi connectivity index (χ0) is 21.0. The summed E-state index contributed by atoms with van der Waals surface area (Å²) in [6, 6.07) is 13.4. The van der Waals surface area contributed by atoms with Gasteiger partial charge in [0.05, 0.1) is 12.8 Å². The normalized spacial score (nSPS) is 15.5. The fraction of sp³-hybridized carbons (Fsp3) is 0.227. The number of carbonyl (C=O) groups is 3. The second-order valence-electron chi connectivity index (χ2n) is 6.39. The summed E-state index contributed by atoms with van der Waals surface area (Å²) in [6.07, 6.45) is 1.48. The van der Waals surface area contributed by atoms with Gasteiger partial charge in [-0.2, -0.15) is 0 Å². The van der Waals surface area contributed by atoms with Crippen molar-refractivity contribution < 1.29 is 19.1 Å². The molecule has 0 unspecified atom stereocenters. The van der Waals surface area contributed by atoms with Gasteiger partial charge in [0.15, 0.2) is 0 Å². The molecule has 2 aromatic carbocycles. The second kappa shape index (κ2) is 8.60. The van der Waals surface area contributed by atoms with Gasteiger partial charge in [-0.25, -0.2) is 9.69 Å². The minimum atomic E-state index is -0.807. The molecule has 0 aromatic heterocycles. The largest absolute Gasteiger partial charge is 0.495 e. The fourth-order valence-electron chi connectivity index (χ4n) is 3.23. The number of amides is 4. The van der Waals surface area contributed by atoms with Crippen LogP contribution in [0.1, 0.15) is 19.4 Å². The van der Waals surface area contributed by atoms with Crippen molar-refractivity contribution in [2.45, 2.75) is 13.8 Å². The van der Waals surface area contributed by atoms with Crippen molar-refractivity contribution in [1.29, 1.82) is 0 Å². The van der Waals surface area contributed by atoms with Crippen molar-refractivity contribution in [2.24, 2.45) is 0 Å². The number of methoxy groups -OCH3 is 1. The second-order valence-corrected chi connectivity index (χ2v) is 6.39. The van der Waals surface area contributed by atoms with E-state index in [1.165, 1.54) is 13.2 Å². The Bertz CT molecular complexity index is 962. The van der Waals surface area contributed by atoms with Crippen LogP contribution in [-0.2, 0) is 9.59 Å². The quantitative estimate of drug-likeness (QED) is 0.602. The molecule has 7 heteroatoms. The fourth-order valence-corrected chi connectivity index (χ4v) is 3.23. The lowest BCUT2D eigenvalue weighted by Gasteiger charge is -2.27. The maximum absolute atomic E-state index is 13.0. The van der Waals surface area contributed by atoms with Gasteiger partial charge in [-0.05, 0) is 49.8 Å². The van der Waals surface area contributed by atoms with Gasteiger partial charge >= 0.3 is 6.03 Å². The van der Waals surface area contributed by atoms with Gasteiger partial charge in [-0.3, -0.25) is 14.9 Å². The average Bonchev–Trinajstić information content (AvgIpc) is 2.73. The van der Waals surface area contributed by atoms with Crippen molar-refractivity contribution in [3.8, 4) is 5.75 Å². The molecule has 0 saturated carbocycles. The summed E-state index contributed by atoms with van der Waals surface area (Å²) in [7, 11) is 1.45. The van der Waals surface area contributed by atoms with Crippen LogP contribution in [0.3, 0.4) is 0 Å². The minimum absolute atomic E-state index is 0.119. The Balaban J connectivity index is 1.95. The molecular formula is C22H23N3O4. The summed E-state index contributed by atoms with van der Waals surface area (Å²) in [5.74, 6) is -1.07. The third-order valence-electron chi connectivity index (χ3n) is 4.76. The van der Waals surface area contributed by atoms with Crippen molar-refractivity contribution in [3.63, 3.8) is 0 Å². The van der Waals surface area contributed by atoms with E-state index in [9.17, 15) is 14.4 Å². The van der Waals surface area contributed by atoms with Gasteiger partial charge in [0.2, 0.25) is 0 Å². The number of barbiturate groups is 1. The molecule has 3 rings (SSSR count). The van der Waals surface area contributed by atoms with E-state index in [1.54, 1.807) is 24.3 Å². The zero-order valence-corrected chi connectivity index (χ0v) is 16.6. The highest BCUT2D eigenvalue weighted by atomic mass is 16.5. The molecule has 4 amide bonds. The van der Waals surface area contributed by atoms with Crippen molar-refractivity contribution in [1.82, 2.24) is 5.32 Å². The van der Waals surface area contributed by atoms with E-state index in [4.69, 9.17) is 4.74 Å². The Labute approximate surface area is 169 Å². The first-order chi connectivity index (χ1) is 14.0. The van der Waals surface area contributed by atoms with Crippen molar-refractivity contribution in [2.75, 3.05) is 30.0 Å². The monoisotopic (exact) mass is 393 g/mol. The summed E-state index contributed by atoms with van der Waals surface area (Å²) in [5, 5.41) is 2.22. The number of anilines is 2. The molecule has 0 spiro atoms. The summed E-state index contributed by atoms with van der Waals surface area (Å²) >= 11 is 0. The molecule has 1 heterocycles. The molecule has 1 N–H and O–H groups in total. The Kier molecular flexibility index (Phi) is 5.97. The lowest BCUT2D eigenvalue weighted by molar-refractivity contribution is -0.122. The topological polar surface area (TPSA) is 79.0 Å². The van der Waals surface area contributed by atoms with Crippen molar-refractivity contribution >= 4 is 35.3 Å². The number of hydrogen-bond donors (Lipinski definition) is 1. The molecule has 1 saturated heterocycles. The third kappa shape index (κ3) is 3.99. The number of nitrogens with one attached hydrogen (secondary N) is 1. The highest BCUT2D eigenvalue weighted by Crippen LogP contribution is 2.30. The van der Waals surface area contributed by atoms with Gasteiger partial charge in [0.25, 0.3) is 11.8 Å². The number of ether oxygens (including phenoxy) is 1. The molecule has 1 fully saturated rings. The number of hydrogen-bond acceptors (Lipinski definition) is 5. The maximum Gasteiger partial charge on any atom is 0.336 e. The number of nitrogens with zero attached hydrogens (tertiary/aromatic N) is 2.